The van der Waals surface area contributed by atoms with E-state index in [9.17, 15) is 8.78 Å². The van der Waals surface area contributed by atoms with Crippen LogP contribution in [0.1, 0.15) is 18.9 Å². The standard InChI is InChI=1S/C11H15F2NO/c1-8(14)6-7-9-4-2-3-5-10(9)15-11(12)13/h2-5,8,11H,6-7,14H2,1H3/t8-/m0/s1. The molecule has 0 aliphatic rings. The minimum Gasteiger partial charge on any atom is -0.435 e. The van der Waals surface area contributed by atoms with Crippen LogP contribution in [-0.2, 0) is 6.42 Å². The van der Waals surface area contributed by atoms with E-state index >= 15 is 0 Å². The molecule has 2 N–H and O–H groups in total. The molecule has 1 atom stereocenters. The van der Waals surface area contributed by atoms with Crippen molar-refractivity contribution in [2.75, 3.05) is 0 Å². The zero-order chi connectivity index (χ0) is 11.3. The molecule has 1 rings (SSSR count). The first kappa shape index (κ1) is 11.9. The fraction of sp³-hybridized carbons (Fsp3) is 0.455. The highest BCUT2D eigenvalue weighted by atomic mass is 19.3. The van der Waals surface area contributed by atoms with E-state index in [-0.39, 0.29) is 11.8 Å². The predicted octanol–water partition coefficient (Wildman–Crippen LogP) is 2.57. The summed E-state index contributed by atoms with van der Waals surface area (Å²) in [4.78, 5) is 0. The van der Waals surface area contributed by atoms with E-state index in [0.29, 0.717) is 6.42 Å². The lowest BCUT2D eigenvalue weighted by atomic mass is 10.1. The Morgan fingerprint density at radius 1 is 1.33 bits per heavy atom. The quantitative estimate of drug-likeness (QED) is 0.819. The largest absolute Gasteiger partial charge is 0.435 e. The summed E-state index contributed by atoms with van der Waals surface area (Å²) in [5.74, 6) is 0.244. The van der Waals surface area contributed by atoms with Crippen LogP contribution in [0.15, 0.2) is 24.3 Å². The molecule has 0 saturated heterocycles. The highest BCUT2D eigenvalue weighted by molar-refractivity contribution is 5.33. The molecular formula is C11H15F2NO. The van der Waals surface area contributed by atoms with E-state index in [4.69, 9.17) is 5.73 Å². The van der Waals surface area contributed by atoms with E-state index in [1.54, 1.807) is 24.3 Å². The number of para-hydroxylation sites is 1. The lowest BCUT2D eigenvalue weighted by Gasteiger charge is -2.11. The number of hydrogen-bond donors (Lipinski definition) is 1. The Balaban J connectivity index is 2.68. The Hall–Kier alpha value is -1.16. The molecule has 0 spiro atoms. The third-order valence-corrected chi connectivity index (χ3v) is 2.06. The number of rotatable bonds is 5. The zero-order valence-corrected chi connectivity index (χ0v) is 8.62. The molecule has 0 amide bonds. The van der Waals surface area contributed by atoms with Gasteiger partial charge in [0.05, 0.1) is 0 Å². The molecule has 2 nitrogen and oxygen atoms in total. The van der Waals surface area contributed by atoms with Gasteiger partial charge in [0, 0.05) is 6.04 Å². The first-order chi connectivity index (χ1) is 7.09. The summed E-state index contributed by atoms with van der Waals surface area (Å²) < 4.78 is 28.5. The number of halogens is 2. The second kappa shape index (κ2) is 5.66. The highest BCUT2D eigenvalue weighted by Crippen LogP contribution is 2.21. The molecule has 0 radical (unpaired) electrons. The molecule has 0 aromatic heterocycles. The lowest BCUT2D eigenvalue weighted by molar-refractivity contribution is -0.0504. The molecule has 84 valence electrons. The molecule has 0 fully saturated rings. The van der Waals surface area contributed by atoms with Gasteiger partial charge in [0.1, 0.15) is 5.75 Å². The van der Waals surface area contributed by atoms with Gasteiger partial charge in [-0.25, -0.2) is 0 Å². The van der Waals surface area contributed by atoms with E-state index in [1.807, 2.05) is 6.92 Å². The number of alkyl halides is 2. The summed E-state index contributed by atoms with van der Waals surface area (Å²) in [7, 11) is 0. The van der Waals surface area contributed by atoms with Crippen molar-refractivity contribution >= 4 is 0 Å². The Labute approximate surface area is 88.0 Å². The molecule has 0 heterocycles. The summed E-state index contributed by atoms with van der Waals surface area (Å²) in [6.07, 6.45) is 1.41. The Bertz CT molecular complexity index is 302. The van der Waals surface area contributed by atoms with Crippen molar-refractivity contribution in [1.82, 2.24) is 0 Å². The van der Waals surface area contributed by atoms with Crippen molar-refractivity contribution in [1.29, 1.82) is 0 Å². The van der Waals surface area contributed by atoms with E-state index < -0.39 is 6.61 Å². The van der Waals surface area contributed by atoms with Crippen molar-refractivity contribution < 1.29 is 13.5 Å². The summed E-state index contributed by atoms with van der Waals surface area (Å²) >= 11 is 0. The monoisotopic (exact) mass is 215 g/mol. The predicted molar refractivity (Wildman–Crippen MR) is 55.0 cm³/mol. The average Bonchev–Trinajstić information content (AvgIpc) is 2.15. The van der Waals surface area contributed by atoms with Crippen molar-refractivity contribution in [3.05, 3.63) is 29.8 Å². The van der Waals surface area contributed by atoms with Crippen LogP contribution in [0.4, 0.5) is 8.78 Å². The molecule has 4 heteroatoms. The summed E-state index contributed by atoms with van der Waals surface area (Å²) in [6.45, 7) is -0.891. The first-order valence-corrected chi connectivity index (χ1v) is 4.88. The van der Waals surface area contributed by atoms with Crippen molar-refractivity contribution in [2.45, 2.75) is 32.4 Å². The van der Waals surface area contributed by atoms with E-state index in [1.165, 1.54) is 0 Å². The van der Waals surface area contributed by atoms with E-state index in [2.05, 4.69) is 4.74 Å². The fourth-order valence-electron chi connectivity index (χ4n) is 1.30. The Kier molecular flexibility index (Phi) is 4.49. The van der Waals surface area contributed by atoms with Crippen molar-refractivity contribution in [3.63, 3.8) is 0 Å². The van der Waals surface area contributed by atoms with Gasteiger partial charge in [0.2, 0.25) is 0 Å². The van der Waals surface area contributed by atoms with Gasteiger partial charge >= 0.3 is 6.61 Å². The number of benzene rings is 1. The van der Waals surface area contributed by atoms with Gasteiger partial charge in [0.25, 0.3) is 0 Å². The molecular weight excluding hydrogens is 200 g/mol. The van der Waals surface area contributed by atoms with Crippen LogP contribution < -0.4 is 10.5 Å². The molecule has 0 unspecified atom stereocenters. The maximum absolute atomic E-state index is 12.1. The molecule has 1 aromatic carbocycles. The normalized spacial score (nSPS) is 12.9. The first-order valence-electron chi connectivity index (χ1n) is 4.88. The third kappa shape index (κ3) is 4.25. The molecule has 0 aliphatic carbocycles. The van der Waals surface area contributed by atoms with Crippen LogP contribution >= 0.6 is 0 Å². The van der Waals surface area contributed by atoms with Gasteiger partial charge in [-0.05, 0) is 31.4 Å². The number of aryl methyl sites for hydroxylation is 1. The minimum atomic E-state index is -2.78. The summed E-state index contributed by atoms with van der Waals surface area (Å²) in [5, 5.41) is 0. The molecule has 0 saturated carbocycles. The van der Waals surface area contributed by atoms with Crippen LogP contribution in [0.5, 0.6) is 5.75 Å². The molecule has 1 aromatic rings. The SMILES string of the molecule is C[C@H](N)CCc1ccccc1OC(F)F. The number of nitrogens with two attached hydrogens (primary N) is 1. The Morgan fingerprint density at radius 3 is 2.60 bits per heavy atom. The van der Waals surface area contributed by atoms with Crippen LogP contribution in [0.2, 0.25) is 0 Å². The van der Waals surface area contributed by atoms with Crippen LogP contribution in [-0.4, -0.2) is 12.7 Å². The maximum Gasteiger partial charge on any atom is 0.387 e. The maximum atomic E-state index is 12.1. The second-order valence-corrected chi connectivity index (χ2v) is 3.50. The Morgan fingerprint density at radius 2 is 2.00 bits per heavy atom. The van der Waals surface area contributed by atoms with Gasteiger partial charge in [-0.3, -0.25) is 0 Å². The molecule has 15 heavy (non-hydrogen) atoms. The van der Waals surface area contributed by atoms with Crippen molar-refractivity contribution in [3.8, 4) is 5.75 Å². The zero-order valence-electron chi connectivity index (χ0n) is 8.62. The average molecular weight is 215 g/mol. The van der Waals surface area contributed by atoms with Crippen LogP contribution in [0, 0.1) is 0 Å². The molecule has 0 bridgehead atoms. The fourth-order valence-corrected chi connectivity index (χ4v) is 1.30. The van der Waals surface area contributed by atoms with Crippen molar-refractivity contribution in [2.24, 2.45) is 5.73 Å². The van der Waals surface area contributed by atoms with Gasteiger partial charge in [-0.15, -0.1) is 0 Å². The van der Waals surface area contributed by atoms with Gasteiger partial charge in [0.15, 0.2) is 0 Å². The summed E-state index contributed by atoms with van der Waals surface area (Å²) in [6, 6.07) is 6.86. The van der Waals surface area contributed by atoms with Crippen LogP contribution in [0.25, 0.3) is 0 Å². The van der Waals surface area contributed by atoms with E-state index in [0.717, 1.165) is 12.0 Å². The topological polar surface area (TPSA) is 35.2 Å². The smallest absolute Gasteiger partial charge is 0.387 e. The molecule has 0 aliphatic heterocycles. The van der Waals surface area contributed by atoms with Gasteiger partial charge in [-0.2, -0.15) is 8.78 Å². The number of hydrogen-bond acceptors (Lipinski definition) is 2. The lowest BCUT2D eigenvalue weighted by Crippen LogP contribution is -2.15. The minimum absolute atomic E-state index is 0.0598. The van der Waals surface area contributed by atoms with Gasteiger partial charge in [-0.1, -0.05) is 18.2 Å². The van der Waals surface area contributed by atoms with Gasteiger partial charge < -0.3 is 10.5 Å². The third-order valence-electron chi connectivity index (χ3n) is 2.06. The highest BCUT2D eigenvalue weighted by Gasteiger charge is 2.09. The van der Waals surface area contributed by atoms with Crippen LogP contribution in [0.3, 0.4) is 0 Å². The second-order valence-electron chi connectivity index (χ2n) is 3.50. The summed E-state index contributed by atoms with van der Waals surface area (Å²) in [5.41, 5.74) is 6.38. The number of ether oxygens (including phenoxy) is 1.